The zero-order valence-electron chi connectivity index (χ0n) is 7.59. The molecule has 2 heteroatoms. The fraction of sp³-hybridized carbons (Fsp3) is 0.778. The summed E-state index contributed by atoms with van der Waals surface area (Å²) in [6, 6.07) is 0. The van der Waals surface area contributed by atoms with Crippen LogP contribution in [-0.2, 0) is 0 Å². The topological polar surface area (TPSA) is 24.7 Å². The number of hydrogen-bond acceptors (Lipinski definition) is 2. The summed E-state index contributed by atoms with van der Waals surface area (Å²) in [6.45, 7) is 7.20. The van der Waals surface area contributed by atoms with Gasteiger partial charge < -0.3 is 0 Å². The average molecular weight is 152 g/mol. The smallest absolute Gasteiger partial charge is 0.130 e. The Morgan fingerprint density at radius 2 is 2.09 bits per heavy atom. The highest BCUT2D eigenvalue weighted by molar-refractivity contribution is 6.43. The lowest BCUT2D eigenvalue weighted by Crippen LogP contribution is -2.16. The minimum absolute atomic E-state index is 0.544. The van der Waals surface area contributed by atoms with Crippen LogP contribution in [0.15, 0.2) is 9.98 Å². The van der Waals surface area contributed by atoms with Gasteiger partial charge in [-0.3, -0.25) is 9.98 Å². The summed E-state index contributed by atoms with van der Waals surface area (Å²) in [5.74, 6) is 0.544. The van der Waals surface area contributed by atoms with Gasteiger partial charge >= 0.3 is 0 Å². The van der Waals surface area contributed by atoms with E-state index in [9.17, 15) is 0 Å². The monoisotopic (exact) mass is 152 g/mol. The largest absolute Gasteiger partial charge is 0.265 e. The molecule has 0 fully saturated rings. The van der Waals surface area contributed by atoms with Gasteiger partial charge in [-0.25, -0.2) is 0 Å². The van der Waals surface area contributed by atoms with Gasteiger partial charge in [-0.2, -0.15) is 0 Å². The molecule has 0 N–H and O–H groups in total. The van der Waals surface area contributed by atoms with E-state index in [0.717, 1.165) is 6.42 Å². The van der Waals surface area contributed by atoms with Crippen LogP contribution in [0.1, 0.15) is 33.6 Å². The van der Waals surface area contributed by atoms with Crippen LogP contribution in [0, 0.1) is 5.92 Å². The minimum atomic E-state index is 0.544. The SMILES string of the molecule is CCCC1=NCN=C1C(C)C. The standard InChI is InChI=1S/C9H16N2/c1-4-5-8-9(7(2)3)11-6-10-8/h7H,4-6H2,1-3H3. The quantitative estimate of drug-likeness (QED) is 0.593. The van der Waals surface area contributed by atoms with Crippen LogP contribution in [0.25, 0.3) is 0 Å². The molecule has 0 aliphatic carbocycles. The van der Waals surface area contributed by atoms with E-state index in [1.807, 2.05) is 0 Å². The Balaban J connectivity index is 2.60. The first kappa shape index (κ1) is 8.44. The molecule has 0 aromatic rings. The van der Waals surface area contributed by atoms with Crippen LogP contribution in [0.5, 0.6) is 0 Å². The molecule has 0 aromatic heterocycles. The summed E-state index contributed by atoms with van der Waals surface area (Å²) in [6.07, 6.45) is 2.27. The van der Waals surface area contributed by atoms with E-state index in [0.29, 0.717) is 12.6 Å². The van der Waals surface area contributed by atoms with Gasteiger partial charge in [0.15, 0.2) is 0 Å². The van der Waals surface area contributed by atoms with Crippen LogP contribution in [0.4, 0.5) is 0 Å². The first-order valence-corrected chi connectivity index (χ1v) is 4.33. The van der Waals surface area contributed by atoms with Crippen LogP contribution >= 0.6 is 0 Å². The van der Waals surface area contributed by atoms with Gasteiger partial charge in [0.1, 0.15) is 6.67 Å². The van der Waals surface area contributed by atoms with Gasteiger partial charge in [-0.05, 0) is 12.3 Å². The van der Waals surface area contributed by atoms with Crippen LogP contribution < -0.4 is 0 Å². The lowest BCUT2D eigenvalue weighted by molar-refractivity contribution is 0.886. The summed E-state index contributed by atoms with van der Waals surface area (Å²) in [5.41, 5.74) is 2.47. The molecule has 62 valence electrons. The summed E-state index contributed by atoms with van der Waals surface area (Å²) in [7, 11) is 0. The molecule has 1 aliphatic rings. The molecular formula is C9H16N2. The predicted molar refractivity (Wildman–Crippen MR) is 49.5 cm³/mol. The molecule has 1 rings (SSSR count). The number of nitrogens with zero attached hydrogens (tertiary/aromatic N) is 2. The molecule has 2 nitrogen and oxygen atoms in total. The molecule has 0 spiro atoms. The molecule has 0 saturated heterocycles. The second kappa shape index (κ2) is 3.65. The van der Waals surface area contributed by atoms with E-state index in [1.54, 1.807) is 0 Å². The summed E-state index contributed by atoms with van der Waals surface area (Å²) < 4.78 is 0. The Morgan fingerprint density at radius 1 is 1.36 bits per heavy atom. The van der Waals surface area contributed by atoms with Crippen LogP contribution in [0.3, 0.4) is 0 Å². The van der Waals surface area contributed by atoms with E-state index < -0.39 is 0 Å². The molecule has 0 aromatic carbocycles. The third kappa shape index (κ3) is 1.88. The van der Waals surface area contributed by atoms with Crippen molar-refractivity contribution in [2.24, 2.45) is 15.9 Å². The van der Waals surface area contributed by atoms with Crippen molar-refractivity contribution in [2.45, 2.75) is 33.6 Å². The molecule has 0 bridgehead atoms. The van der Waals surface area contributed by atoms with Crippen molar-refractivity contribution in [1.82, 2.24) is 0 Å². The maximum absolute atomic E-state index is 4.35. The third-order valence-corrected chi connectivity index (χ3v) is 1.83. The van der Waals surface area contributed by atoms with E-state index in [-0.39, 0.29) is 0 Å². The molecule has 0 amide bonds. The van der Waals surface area contributed by atoms with Gasteiger partial charge in [-0.15, -0.1) is 0 Å². The Morgan fingerprint density at radius 3 is 2.64 bits per heavy atom. The second-order valence-corrected chi connectivity index (χ2v) is 3.19. The van der Waals surface area contributed by atoms with Crippen molar-refractivity contribution < 1.29 is 0 Å². The van der Waals surface area contributed by atoms with Gasteiger partial charge in [0.2, 0.25) is 0 Å². The van der Waals surface area contributed by atoms with Crippen molar-refractivity contribution in [3.63, 3.8) is 0 Å². The highest BCUT2D eigenvalue weighted by Gasteiger charge is 2.15. The molecular weight excluding hydrogens is 136 g/mol. The molecule has 0 unspecified atom stereocenters. The Labute approximate surface area is 68.4 Å². The first-order valence-electron chi connectivity index (χ1n) is 4.33. The fourth-order valence-electron chi connectivity index (χ4n) is 1.33. The van der Waals surface area contributed by atoms with E-state index in [2.05, 4.69) is 30.8 Å². The van der Waals surface area contributed by atoms with Crippen LogP contribution in [-0.4, -0.2) is 18.1 Å². The maximum Gasteiger partial charge on any atom is 0.130 e. The zero-order valence-corrected chi connectivity index (χ0v) is 7.59. The van der Waals surface area contributed by atoms with Crippen molar-refractivity contribution >= 4 is 11.4 Å². The van der Waals surface area contributed by atoms with E-state index in [4.69, 9.17) is 0 Å². The van der Waals surface area contributed by atoms with Crippen molar-refractivity contribution in [3.8, 4) is 0 Å². The molecule has 0 radical (unpaired) electrons. The molecule has 11 heavy (non-hydrogen) atoms. The zero-order chi connectivity index (χ0) is 8.27. The fourth-order valence-corrected chi connectivity index (χ4v) is 1.33. The Hall–Kier alpha value is -0.660. The second-order valence-electron chi connectivity index (χ2n) is 3.19. The molecule has 0 saturated carbocycles. The van der Waals surface area contributed by atoms with Gasteiger partial charge in [0.05, 0.1) is 11.4 Å². The van der Waals surface area contributed by atoms with Gasteiger partial charge in [0, 0.05) is 0 Å². The van der Waals surface area contributed by atoms with E-state index in [1.165, 1.54) is 17.8 Å². The van der Waals surface area contributed by atoms with Crippen molar-refractivity contribution in [1.29, 1.82) is 0 Å². The molecule has 0 atom stereocenters. The summed E-state index contributed by atoms with van der Waals surface area (Å²) >= 11 is 0. The predicted octanol–water partition coefficient (Wildman–Crippen LogP) is 2.30. The van der Waals surface area contributed by atoms with Crippen LogP contribution in [0.2, 0.25) is 0 Å². The highest BCUT2D eigenvalue weighted by Crippen LogP contribution is 2.09. The lowest BCUT2D eigenvalue weighted by Gasteiger charge is -2.06. The third-order valence-electron chi connectivity index (χ3n) is 1.83. The maximum atomic E-state index is 4.35. The normalized spacial score (nSPS) is 17.1. The minimum Gasteiger partial charge on any atom is -0.265 e. The number of hydrogen-bond donors (Lipinski definition) is 0. The summed E-state index contributed by atoms with van der Waals surface area (Å²) in [4.78, 5) is 8.69. The summed E-state index contributed by atoms with van der Waals surface area (Å²) in [5, 5.41) is 0. The van der Waals surface area contributed by atoms with E-state index >= 15 is 0 Å². The van der Waals surface area contributed by atoms with Crippen molar-refractivity contribution in [3.05, 3.63) is 0 Å². The lowest BCUT2D eigenvalue weighted by atomic mass is 10.0. The Kier molecular flexibility index (Phi) is 2.80. The van der Waals surface area contributed by atoms with Gasteiger partial charge in [-0.1, -0.05) is 27.2 Å². The number of rotatable bonds is 3. The highest BCUT2D eigenvalue weighted by atomic mass is 15.0. The Bertz CT molecular complexity index is 190. The van der Waals surface area contributed by atoms with Crippen molar-refractivity contribution in [2.75, 3.05) is 6.67 Å². The van der Waals surface area contributed by atoms with Gasteiger partial charge in [0.25, 0.3) is 0 Å². The average Bonchev–Trinajstić information content (AvgIpc) is 2.36. The molecule has 1 aliphatic heterocycles. The number of aliphatic imine (C=N–C) groups is 2. The molecule has 1 heterocycles. The first-order chi connectivity index (χ1) is 5.25.